The van der Waals surface area contributed by atoms with Gasteiger partial charge in [-0.15, -0.1) is 0 Å². The van der Waals surface area contributed by atoms with E-state index in [4.69, 9.17) is 5.73 Å². The van der Waals surface area contributed by atoms with Gasteiger partial charge in [-0.05, 0) is 25.0 Å². The molecule has 3 N–H and O–H groups in total. The van der Waals surface area contributed by atoms with Crippen molar-refractivity contribution in [2.75, 3.05) is 13.1 Å². The summed E-state index contributed by atoms with van der Waals surface area (Å²) in [5, 5.41) is 3.29. The van der Waals surface area contributed by atoms with E-state index in [0.29, 0.717) is 6.54 Å². The van der Waals surface area contributed by atoms with Gasteiger partial charge in [0.1, 0.15) is 0 Å². The number of hydrogen-bond donors (Lipinski definition) is 2. The van der Waals surface area contributed by atoms with E-state index < -0.39 is 0 Å². The second-order valence-corrected chi connectivity index (χ2v) is 3.40. The van der Waals surface area contributed by atoms with E-state index in [1.165, 1.54) is 16.7 Å². The van der Waals surface area contributed by atoms with Crippen LogP contribution in [0, 0.1) is 13.8 Å². The highest BCUT2D eigenvalue weighted by Crippen LogP contribution is 2.09. The lowest BCUT2D eigenvalue weighted by molar-refractivity contribution is 0.692. The fourth-order valence-electron chi connectivity index (χ4n) is 1.37. The molecule has 2 nitrogen and oxygen atoms in total. The quantitative estimate of drug-likeness (QED) is 0.683. The molecule has 0 aliphatic carbocycles. The van der Waals surface area contributed by atoms with Crippen molar-refractivity contribution in [3.8, 4) is 0 Å². The summed E-state index contributed by atoms with van der Waals surface area (Å²) in [5.74, 6) is 0. The third kappa shape index (κ3) is 3.17. The minimum Gasteiger partial charge on any atom is -0.329 e. The molecule has 0 unspecified atom stereocenters. The summed E-state index contributed by atoms with van der Waals surface area (Å²) in [6, 6.07) is 6.53. The maximum absolute atomic E-state index is 5.39. The largest absolute Gasteiger partial charge is 0.329 e. The molecule has 0 bridgehead atoms. The van der Waals surface area contributed by atoms with Gasteiger partial charge in [0.2, 0.25) is 0 Å². The molecule has 2 heteroatoms. The Labute approximate surface area is 80.1 Å². The lowest BCUT2D eigenvalue weighted by atomic mass is 10.1. The molecule has 0 radical (unpaired) electrons. The molecule has 13 heavy (non-hydrogen) atoms. The monoisotopic (exact) mass is 178 g/mol. The maximum Gasteiger partial charge on any atom is 0.0208 e. The molecule has 0 amide bonds. The van der Waals surface area contributed by atoms with Crippen molar-refractivity contribution >= 4 is 0 Å². The number of benzene rings is 1. The van der Waals surface area contributed by atoms with Crippen molar-refractivity contribution < 1.29 is 0 Å². The van der Waals surface area contributed by atoms with Crippen LogP contribution in [0.25, 0.3) is 0 Å². The number of rotatable bonds is 4. The molecule has 0 aliphatic heterocycles. The van der Waals surface area contributed by atoms with E-state index in [2.05, 4.69) is 37.4 Å². The molecule has 0 saturated heterocycles. The molecular formula is C11H18N2. The van der Waals surface area contributed by atoms with Gasteiger partial charge >= 0.3 is 0 Å². The van der Waals surface area contributed by atoms with E-state index in [9.17, 15) is 0 Å². The first-order valence-corrected chi connectivity index (χ1v) is 4.71. The smallest absolute Gasteiger partial charge is 0.0208 e. The molecule has 0 aliphatic rings. The van der Waals surface area contributed by atoms with Gasteiger partial charge in [0.15, 0.2) is 0 Å². The molecule has 0 atom stereocenters. The highest BCUT2D eigenvalue weighted by Gasteiger charge is 1.96. The van der Waals surface area contributed by atoms with Gasteiger partial charge in [-0.25, -0.2) is 0 Å². The lowest BCUT2D eigenvalue weighted by Gasteiger charge is -2.07. The van der Waals surface area contributed by atoms with Crippen LogP contribution in [0.1, 0.15) is 16.7 Å². The molecule has 1 aromatic rings. The first-order chi connectivity index (χ1) is 6.24. The van der Waals surface area contributed by atoms with Crippen LogP contribution in [0.2, 0.25) is 0 Å². The second-order valence-electron chi connectivity index (χ2n) is 3.40. The third-order valence-electron chi connectivity index (χ3n) is 2.13. The van der Waals surface area contributed by atoms with Crippen molar-refractivity contribution in [1.29, 1.82) is 0 Å². The Morgan fingerprint density at radius 2 is 2.08 bits per heavy atom. The molecule has 1 rings (SSSR count). The van der Waals surface area contributed by atoms with Gasteiger partial charge in [0.05, 0.1) is 0 Å². The van der Waals surface area contributed by atoms with Crippen LogP contribution in [-0.2, 0) is 6.54 Å². The molecule has 0 heterocycles. The van der Waals surface area contributed by atoms with Crippen LogP contribution in [0.5, 0.6) is 0 Å². The summed E-state index contributed by atoms with van der Waals surface area (Å²) >= 11 is 0. The summed E-state index contributed by atoms with van der Waals surface area (Å²) in [5.41, 5.74) is 9.42. The van der Waals surface area contributed by atoms with Gasteiger partial charge in [-0.2, -0.15) is 0 Å². The lowest BCUT2D eigenvalue weighted by Crippen LogP contribution is -2.22. The first-order valence-electron chi connectivity index (χ1n) is 4.71. The van der Waals surface area contributed by atoms with Crippen LogP contribution in [0.3, 0.4) is 0 Å². The van der Waals surface area contributed by atoms with Crippen LogP contribution in [-0.4, -0.2) is 13.1 Å². The predicted molar refractivity (Wildman–Crippen MR) is 56.7 cm³/mol. The zero-order valence-electron chi connectivity index (χ0n) is 8.43. The molecule has 72 valence electrons. The Kier molecular flexibility index (Phi) is 3.93. The molecule has 0 aromatic heterocycles. The van der Waals surface area contributed by atoms with Crippen molar-refractivity contribution in [1.82, 2.24) is 5.32 Å². The normalized spacial score (nSPS) is 10.4. The SMILES string of the molecule is Cc1ccc(CNCCN)c(C)c1. The van der Waals surface area contributed by atoms with Gasteiger partial charge in [-0.3, -0.25) is 0 Å². The second kappa shape index (κ2) is 5.00. The zero-order valence-corrected chi connectivity index (χ0v) is 8.43. The molecule has 0 saturated carbocycles. The van der Waals surface area contributed by atoms with Crippen LogP contribution in [0.15, 0.2) is 18.2 Å². The average Bonchev–Trinajstić information content (AvgIpc) is 2.09. The Morgan fingerprint density at radius 1 is 1.31 bits per heavy atom. The number of aryl methyl sites for hydroxylation is 2. The summed E-state index contributed by atoms with van der Waals surface area (Å²) in [6.07, 6.45) is 0. The molecule has 1 aromatic carbocycles. The standard InChI is InChI=1S/C11H18N2/c1-9-3-4-11(10(2)7-9)8-13-6-5-12/h3-4,7,13H,5-6,8,12H2,1-2H3. The fraction of sp³-hybridized carbons (Fsp3) is 0.455. The number of nitrogens with one attached hydrogen (secondary N) is 1. The van der Waals surface area contributed by atoms with Crippen LogP contribution >= 0.6 is 0 Å². The highest BCUT2D eigenvalue weighted by atomic mass is 14.9. The first kappa shape index (κ1) is 10.2. The van der Waals surface area contributed by atoms with Gasteiger partial charge < -0.3 is 11.1 Å². The number of nitrogens with two attached hydrogens (primary N) is 1. The Morgan fingerprint density at radius 3 is 2.69 bits per heavy atom. The zero-order chi connectivity index (χ0) is 9.68. The van der Waals surface area contributed by atoms with Crippen molar-refractivity contribution in [3.63, 3.8) is 0 Å². The molecule has 0 spiro atoms. The van der Waals surface area contributed by atoms with Crippen LogP contribution in [0.4, 0.5) is 0 Å². The van der Waals surface area contributed by atoms with E-state index in [-0.39, 0.29) is 0 Å². The molecular weight excluding hydrogens is 160 g/mol. The summed E-state index contributed by atoms with van der Waals surface area (Å²) in [6.45, 7) is 6.76. The highest BCUT2D eigenvalue weighted by molar-refractivity contribution is 5.30. The Hall–Kier alpha value is -0.860. The topological polar surface area (TPSA) is 38.0 Å². The minimum absolute atomic E-state index is 0.699. The van der Waals surface area contributed by atoms with Gasteiger partial charge in [0.25, 0.3) is 0 Å². The third-order valence-corrected chi connectivity index (χ3v) is 2.13. The van der Waals surface area contributed by atoms with Crippen molar-refractivity contribution in [3.05, 3.63) is 34.9 Å². The number of hydrogen-bond acceptors (Lipinski definition) is 2. The Bertz CT molecular complexity index is 269. The predicted octanol–water partition coefficient (Wildman–Crippen LogP) is 1.35. The average molecular weight is 178 g/mol. The van der Waals surface area contributed by atoms with Crippen molar-refractivity contribution in [2.45, 2.75) is 20.4 Å². The van der Waals surface area contributed by atoms with E-state index in [1.54, 1.807) is 0 Å². The van der Waals surface area contributed by atoms with E-state index in [0.717, 1.165) is 13.1 Å². The van der Waals surface area contributed by atoms with Crippen molar-refractivity contribution in [2.24, 2.45) is 5.73 Å². The van der Waals surface area contributed by atoms with Crippen LogP contribution < -0.4 is 11.1 Å². The summed E-state index contributed by atoms with van der Waals surface area (Å²) in [7, 11) is 0. The minimum atomic E-state index is 0.699. The fourth-order valence-corrected chi connectivity index (χ4v) is 1.37. The molecule has 0 fully saturated rings. The van der Waals surface area contributed by atoms with E-state index >= 15 is 0 Å². The van der Waals surface area contributed by atoms with Gasteiger partial charge in [0, 0.05) is 19.6 Å². The Balaban J connectivity index is 2.56. The summed E-state index contributed by atoms with van der Waals surface area (Å²) < 4.78 is 0. The maximum atomic E-state index is 5.39. The van der Waals surface area contributed by atoms with Gasteiger partial charge in [-0.1, -0.05) is 23.8 Å². The van der Waals surface area contributed by atoms with E-state index in [1.807, 2.05) is 0 Å². The summed E-state index contributed by atoms with van der Waals surface area (Å²) in [4.78, 5) is 0.